The maximum absolute atomic E-state index is 12.3. The van der Waals surface area contributed by atoms with Crippen molar-refractivity contribution in [1.29, 1.82) is 0 Å². The van der Waals surface area contributed by atoms with Crippen LogP contribution in [-0.4, -0.2) is 21.4 Å². The Balaban J connectivity index is 1.75. The molecule has 0 aliphatic heterocycles. The number of nitrogens with two attached hydrogens (primary N) is 1. The Hall–Kier alpha value is -3.86. The first-order valence-electron chi connectivity index (χ1n) is 9.84. The molecule has 0 aliphatic carbocycles. The van der Waals surface area contributed by atoms with Crippen LogP contribution in [0.2, 0.25) is 0 Å². The second-order valence-electron chi connectivity index (χ2n) is 7.25. The van der Waals surface area contributed by atoms with E-state index >= 15 is 0 Å². The molecule has 0 fully saturated rings. The molecule has 1 heterocycles. The van der Waals surface area contributed by atoms with Crippen LogP contribution in [0.5, 0.6) is 0 Å². The van der Waals surface area contributed by atoms with Gasteiger partial charge in [-0.25, -0.2) is 0 Å². The highest BCUT2D eigenvalue weighted by atomic mass is 16.4. The molecule has 3 aromatic carbocycles. The minimum absolute atomic E-state index is 0.217. The van der Waals surface area contributed by atoms with E-state index in [1.807, 2.05) is 79.0 Å². The van der Waals surface area contributed by atoms with Gasteiger partial charge in [-0.1, -0.05) is 78.9 Å². The fourth-order valence-corrected chi connectivity index (χ4v) is 3.86. The largest absolute Gasteiger partial charge is 0.481 e. The molecule has 3 N–H and O–H groups in total. The van der Waals surface area contributed by atoms with Gasteiger partial charge in [-0.05, 0) is 22.8 Å². The Kier molecular flexibility index (Phi) is 5.61. The molecule has 30 heavy (non-hydrogen) atoms. The quantitative estimate of drug-likeness (QED) is 0.271. The van der Waals surface area contributed by atoms with Crippen LogP contribution < -0.4 is 5.84 Å². The number of hydrogen-bond donors (Lipinski definition) is 2. The number of aliphatic carboxylic acids is 1. The van der Waals surface area contributed by atoms with Crippen molar-refractivity contribution in [2.45, 2.75) is 18.9 Å². The fourth-order valence-electron chi connectivity index (χ4n) is 3.86. The molecule has 5 heteroatoms. The normalized spacial score (nSPS) is 12.7. The number of carbonyl (C=O) groups is 1. The lowest BCUT2D eigenvalue weighted by Gasteiger charge is -2.13. The molecule has 0 radical (unpaired) electrons. The number of carboxylic acids is 1. The average molecular weight is 397 g/mol. The monoisotopic (exact) mass is 397 g/mol. The van der Waals surface area contributed by atoms with Gasteiger partial charge in [-0.15, -0.1) is 0 Å². The highest BCUT2D eigenvalue weighted by Crippen LogP contribution is 2.32. The molecular weight excluding hydrogens is 374 g/mol. The Morgan fingerprint density at radius 1 is 0.933 bits per heavy atom. The molecule has 0 bridgehead atoms. The first-order valence-corrected chi connectivity index (χ1v) is 9.84. The summed E-state index contributed by atoms with van der Waals surface area (Å²) in [6.07, 6.45) is 2.17. The minimum Gasteiger partial charge on any atom is -0.481 e. The lowest BCUT2D eigenvalue weighted by atomic mass is 9.91. The highest BCUT2D eigenvalue weighted by Gasteiger charge is 2.26. The maximum atomic E-state index is 12.3. The van der Waals surface area contributed by atoms with E-state index in [0.717, 1.165) is 27.6 Å². The van der Waals surface area contributed by atoms with Gasteiger partial charge in [0.05, 0.1) is 11.6 Å². The standard InChI is InChI=1S/C25H23N3O2/c26-27-23(19-11-5-2-6-12-19)15-21(25(29)30)22-17-28(16-18-9-3-1-4-10-18)24-14-8-7-13-20(22)24/h1-14,17,21H,15-16,26H2,(H,29,30). The summed E-state index contributed by atoms with van der Waals surface area (Å²) in [7, 11) is 0. The summed E-state index contributed by atoms with van der Waals surface area (Å²) in [4.78, 5) is 12.3. The number of nitrogens with zero attached hydrogens (tertiary/aromatic N) is 2. The molecule has 1 aromatic heterocycles. The molecule has 4 rings (SSSR count). The topological polar surface area (TPSA) is 80.6 Å². The van der Waals surface area contributed by atoms with Gasteiger partial charge in [0.15, 0.2) is 0 Å². The summed E-state index contributed by atoms with van der Waals surface area (Å²) in [6, 6.07) is 27.5. The molecule has 1 atom stereocenters. The maximum Gasteiger partial charge on any atom is 0.311 e. The summed E-state index contributed by atoms with van der Waals surface area (Å²) < 4.78 is 2.11. The van der Waals surface area contributed by atoms with E-state index in [2.05, 4.69) is 21.8 Å². The Labute approximate surface area is 175 Å². The van der Waals surface area contributed by atoms with Crippen molar-refractivity contribution in [3.05, 3.63) is 108 Å². The summed E-state index contributed by atoms with van der Waals surface area (Å²) in [5.41, 5.74) is 4.34. The number of carboxylic acid groups (broad SMARTS) is 1. The summed E-state index contributed by atoms with van der Waals surface area (Å²) in [5, 5.41) is 14.9. The van der Waals surface area contributed by atoms with E-state index in [1.165, 1.54) is 0 Å². The number of benzene rings is 3. The van der Waals surface area contributed by atoms with Crippen LogP contribution in [0.25, 0.3) is 10.9 Å². The number of hydrazone groups is 1. The van der Waals surface area contributed by atoms with Crippen LogP contribution in [0.4, 0.5) is 0 Å². The second-order valence-corrected chi connectivity index (χ2v) is 7.25. The van der Waals surface area contributed by atoms with Gasteiger partial charge >= 0.3 is 5.97 Å². The SMILES string of the molecule is NN=C(CC(C(=O)O)c1cn(Cc2ccccc2)c2ccccc12)c1ccccc1. The van der Waals surface area contributed by atoms with Gasteiger partial charge in [0.2, 0.25) is 0 Å². The second kappa shape index (κ2) is 8.66. The average Bonchev–Trinajstić information content (AvgIpc) is 3.14. The van der Waals surface area contributed by atoms with Gasteiger partial charge in [0.25, 0.3) is 0 Å². The molecule has 5 nitrogen and oxygen atoms in total. The van der Waals surface area contributed by atoms with Crippen molar-refractivity contribution in [3.63, 3.8) is 0 Å². The zero-order valence-corrected chi connectivity index (χ0v) is 16.5. The van der Waals surface area contributed by atoms with E-state index in [4.69, 9.17) is 5.84 Å². The molecule has 4 aromatic rings. The number of fused-ring (bicyclic) bond motifs is 1. The Morgan fingerprint density at radius 3 is 2.23 bits per heavy atom. The zero-order chi connectivity index (χ0) is 20.9. The summed E-state index contributed by atoms with van der Waals surface area (Å²) in [6.45, 7) is 0.671. The molecule has 0 spiro atoms. The van der Waals surface area contributed by atoms with Crippen molar-refractivity contribution >= 4 is 22.6 Å². The highest BCUT2D eigenvalue weighted by molar-refractivity contribution is 6.03. The van der Waals surface area contributed by atoms with Crippen molar-refractivity contribution < 1.29 is 9.90 Å². The van der Waals surface area contributed by atoms with E-state index in [1.54, 1.807) is 0 Å². The number of aromatic nitrogens is 1. The fraction of sp³-hybridized carbons (Fsp3) is 0.120. The van der Waals surface area contributed by atoms with Crippen LogP contribution >= 0.6 is 0 Å². The van der Waals surface area contributed by atoms with Crippen LogP contribution in [0, 0.1) is 0 Å². The molecule has 0 saturated carbocycles. The predicted molar refractivity (Wildman–Crippen MR) is 120 cm³/mol. The Morgan fingerprint density at radius 2 is 1.57 bits per heavy atom. The van der Waals surface area contributed by atoms with E-state index in [9.17, 15) is 9.90 Å². The van der Waals surface area contributed by atoms with Gasteiger partial charge in [-0.2, -0.15) is 5.10 Å². The molecular formula is C25H23N3O2. The van der Waals surface area contributed by atoms with Crippen LogP contribution in [-0.2, 0) is 11.3 Å². The summed E-state index contributed by atoms with van der Waals surface area (Å²) in [5.74, 6) is 3.99. The molecule has 0 aliphatic rings. The van der Waals surface area contributed by atoms with Gasteiger partial charge in [0.1, 0.15) is 0 Å². The summed E-state index contributed by atoms with van der Waals surface area (Å²) >= 11 is 0. The molecule has 0 amide bonds. The van der Waals surface area contributed by atoms with Gasteiger partial charge in [0, 0.05) is 30.1 Å². The molecule has 1 unspecified atom stereocenters. The van der Waals surface area contributed by atoms with Crippen molar-refractivity contribution in [2.24, 2.45) is 10.9 Å². The van der Waals surface area contributed by atoms with E-state index in [0.29, 0.717) is 12.3 Å². The minimum atomic E-state index is -0.894. The van der Waals surface area contributed by atoms with Gasteiger partial charge in [-0.3, -0.25) is 4.79 Å². The first-order chi connectivity index (χ1) is 14.7. The van der Waals surface area contributed by atoms with E-state index in [-0.39, 0.29) is 6.42 Å². The van der Waals surface area contributed by atoms with Crippen LogP contribution in [0.1, 0.15) is 29.0 Å². The Bertz CT molecular complexity index is 1180. The van der Waals surface area contributed by atoms with Crippen molar-refractivity contribution in [3.8, 4) is 0 Å². The van der Waals surface area contributed by atoms with E-state index < -0.39 is 11.9 Å². The third kappa shape index (κ3) is 3.96. The predicted octanol–water partition coefficient (Wildman–Crippen LogP) is 4.61. The van der Waals surface area contributed by atoms with Gasteiger partial charge < -0.3 is 15.5 Å². The smallest absolute Gasteiger partial charge is 0.311 e. The molecule has 150 valence electrons. The number of para-hydroxylation sites is 1. The number of hydrogen-bond acceptors (Lipinski definition) is 3. The zero-order valence-electron chi connectivity index (χ0n) is 16.5. The third-order valence-corrected chi connectivity index (χ3v) is 5.35. The lowest BCUT2D eigenvalue weighted by molar-refractivity contribution is -0.138. The van der Waals surface area contributed by atoms with Crippen LogP contribution in [0.3, 0.4) is 0 Å². The third-order valence-electron chi connectivity index (χ3n) is 5.35. The van der Waals surface area contributed by atoms with Crippen molar-refractivity contribution in [1.82, 2.24) is 4.57 Å². The number of rotatable bonds is 7. The lowest BCUT2D eigenvalue weighted by Crippen LogP contribution is -2.18. The first kappa shape index (κ1) is 19.5. The van der Waals surface area contributed by atoms with Crippen molar-refractivity contribution in [2.75, 3.05) is 0 Å². The molecule has 0 saturated heterocycles. The van der Waals surface area contributed by atoms with Crippen LogP contribution in [0.15, 0.2) is 96.2 Å².